The van der Waals surface area contributed by atoms with Crippen molar-refractivity contribution in [2.45, 2.75) is 0 Å². The maximum Gasteiger partial charge on any atom is 0.134 e. The smallest absolute Gasteiger partial charge is 0.134 e. The zero-order valence-electron chi connectivity index (χ0n) is 5.73. The fraction of sp³-hybridized carbons (Fsp3) is 0. The van der Waals surface area contributed by atoms with E-state index in [0.717, 1.165) is 10.9 Å². The lowest BCUT2D eigenvalue weighted by Crippen LogP contribution is -1.78. The molecule has 1 N–H and O–H groups in total. The number of nitrogens with zero attached hydrogens (tertiary/aromatic N) is 2. The summed E-state index contributed by atoms with van der Waals surface area (Å²) in [7, 11) is 0. The van der Waals surface area contributed by atoms with Gasteiger partial charge in [0.05, 0.1) is 11.7 Å². The van der Waals surface area contributed by atoms with Crippen molar-refractivity contribution < 1.29 is 5.11 Å². The first-order chi connectivity index (χ1) is 5.36. The molecule has 0 aliphatic heterocycles. The highest BCUT2D eigenvalue weighted by atomic mass is 16.3. The zero-order valence-corrected chi connectivity index (χ0v) is 5.73. The first kappa shape index (κ1) is 6.09. The van der Waals surface area contributed by atoms with Gasteiger partial charge in [0.25, 0.3) is 0 Å². The van der Waals surface area contributed by atoms with Gasteiger partial charge in [-0.3, -0.25) is 9.97 Å². The normalized spacial score (nSPS) is 10.2. The molecule has 0 spiro atoms. The molecule has 3 nitrogen and oxygen atoms in total. The Morgan fingerprint density at radius 2 is 2.18 bits per heavy atom. The Kier molecular flexibility index (Phi) is 1.22. The molecule has 2 heterocycles. The van der Waals surface area contributed by atoms with E-state index in [1.54, 1.807) is 24.5 Å². The molecular weight excluding hydrogens is 140 g/mol. The minimum Gasteiger partial charge on any atom is -0.506 e. The van der Waals surface area contributed by atoms with Crippen LogP contribution in [0.25, 0.3) is 10.9 Å². The number of hydrogen-bond donors (Lipinski definition) is 1. The van der Waals surface area contributed by atoms with Gasteiger partial charge in [-0.1, -0.05) is 0 Å². The molecule has 2 rings (SSSR count). The van der Waals surface area contributed by atoms with Crippen molar-refractivity contribution in [2.75, 3.05) is 0 Å². The molecule has 0 aromatic carbocycles. The Morgan fingerprint density at radius 3 is 3.09 bits per heavy atom. The monoisotopic (exact) mass is 146 g/mol. The molecule has 0 radical (unpaired) electrons. The van der Waals surface area contributed by atoms with Gasteiger partial charge in [0, 0.05) is 17.8 Å². The predicted molar refractivity (Wildman–Crippen MR) is 41.2 cm³/mol. The van der Waals surface area contributed by atoms with E-state index in [4.69, 9.17) is 5.11 Å². The van der Waals surface area contributed by atoms with Crippen LogP contribution in [0.1, 0.15) is 0 Å². The summed E-state index contributed by atoms with van der Waals surface area (Å²) >= 11 is 0. The summed E-state index contributed by atoms with van der Waals surface area (Å²) in [6.07, 6.45) is 4.76. The number of hydrogen-bond acceptors (Lipinski definition) is 3. The van der Waals surface area contributed by atoms with Gasteiger partial charge >= 0.3 is 0 Å². The lowest BCUT2D eigenvalue weighted by molar-refractivity contribution is 0.474. The Hall–Kier alpha value is -1.64. The summed E-state index contributed by atoms with van der Waals surface area (Å²) in [5, 5.41) is 9.89. The van der Waals surface area contributed by atoms with Crippen LogP contribution >= 0.6 is 0 Å². The van der Waals surface area contributed by atoms with Gasteiger partial charge in [0.1, 0.15) is 5.75 Å². The van der Waals surface area contributed by atoms with Gasteiger partial charge in [0.15, 0.2) is 0 Å². The van der Waals surface area contributed by atoms with Gasteiger partial charge in [-0.05, 0) is 12.1 Å². The van der Waals surface area contributed by atoms with Crippen molar-refractivity contribution in [1.29, 1.82) is 0 Å². The maximum atomic E-state index is 9.04. The minimum atomic E-state index is 0.172. The SMILES string of the molecule is Oc1cnc2ccncc2c1. The second kappa shape index (κ2) is 2.20. The first-order valence-electron chi connectivity index (χ1n) is 3.25. The van der Waals surface area contributed by atoms with Crippen LogP contribution in [0, 0.1) is 0 Å². The largest absolute Gasteiger partial charge is 0.506 e. The van der Waals surface area contributed by atoms with Crippen molar-refractivity contribution in [3.63, 3.8) is 0 Å². The fourth-order valence-corrected chi connectivity index (χ4v) is 0.960. The summed E-state index contributed by atoms with van der Waals surface area (Å²) in [6.45, 7) is 0. The standard InChI is InChI=1S/C8H6N2O/c11-7-3-6-4-9-2-1-8(6)10-5-7/h1-5,11H. The maximum absolute atomic E-state index is 9.04. The summed E-state index contributed by atoms with van der Waals surface area (Å²) in [6, 6.07) is 3.43. The van der Waals surface area contributed by atoms with Crippen LogP contribution in [-0.2, 0) is 0 Å². The summed E-state index contributed by atoms with van der Waals surface area (Å²) < 4.78 is 0. The molecule has 0 atom stereocenters. The van der Waals surface area contributed by atoms with Crippen LogP contribution in [-0.4, -0.2) is 15.1 Å². The third kappa shape index (κ3) is 1.00. The van der Waals surface area contributed by atoms with Crippen LogP contribution in [0.5, 0.6) is 5.75 Å². The lowest BCUT2D eigenvalue weighted by atomic mass is 10.3. The van der Waals surface area contributed by atoms with E-state index in [1.807, 2.05) is 0 Å². The van der Waals surface area contributed by atoms with E-state index >= 15 is 0 Å². The van der Waals surface area contributed by atoms with E-state index in [2.05, 4.69) is 9.97 Å². The quantitative estimate of drug-likeness (QED) is 0.610. The summed E-state index contributed by atoms with van der Waals surface area (Å²) in [4.78, 5) is 7.89. The summed E-state index contributed by atoms with van der Waals surface area (Å²) in [5.41, 5.74) is 0.845. The molecule has 0 bridgehead atoms. The number of fused-ring (bicyclic) bond motifs is 1. The molecule has 0 aliphatic carbocycles. The van der Waals surface area contributed by atoms with Crippen molar-refractivity contribution in [3.8, 4) is 5.75 Å². The van der Waals surface area contributed by atoms with E-state index in [-0.39, 0.29) is 5.75 Å². The molecule has 0 unspecified atom stereocenters. The number of rotatable bonds is 0. The molecule has 54 valence electrons. The molecule has 11 heavy (non-hydrogen) atoms. The highest BCUT2D eigenvalue weighted by molar-refractivity contribution is 5.78. The van der Waals surface area contributed by atoms with Crippen molar-refractivity contribution in [1.82, 2.24) is 9.97 Å². The Bertz CT molecular complexity index is 387. The van der Waals surface area contributed by atoms with Gasteiger partial charge < -0.3 is 5.11 Å². The van der Waals surface area contributed by atoms with E-state index in [9.17, 15) is 0 Å². The molecule has 0 saturated heterocycles. The molecule has 0 saturated carbocycles. The minimum absolute atomic E-state index is 0.172. The first-order valence-corrected chi connectivity index (χ1v) is 3.25. The Balaban J connectivity index is 2.83. The van der Waals surface area contributed by atoms with Crippen LogP contribution in [0.15, 0.2) is 30.7 Å². The predicted octanol–water partition coefficient (Wildman–Crippen LogP) is 1.34. The summed E-state index contributed by atoms with van der Waals surface area (Å²) in [5.74, 6) is 0.172. The van der Waals surface area contributed by atoms with Gasteiger partial charge in [-0.15, -0.1) is 0 Å². The van der Waals surface area contributed by atoms with Crippen molar-refractivity contribution in [2.24, 2.45) is 0 Å². The average molecular weight is 146 g/mol. The molecule has 0 aliphatic rings. The highest BCUT2D eigenvalue weighted by Gasteiger charge is 1.93. The third-order valence-electron chi connectivity index (χ3n) is 1.47. The van der Waals surface area contributed by atoms with Gasteiger partial charge in [0.2, 0.25) is 0 Å². The van der Waals surface area contributed by atoms with E-state index in [1.165, 1.54) is 6.20 Å². The molecule has 3 heteroatoms. The Labute approximate surface area is 63.3 Å². The van der Waals surface area contributed by atoms with Gasteiger partial charge in [-0.2, -0.15) is 0 Å². The highest BCUT2D eigenvalue weighted by Crippen LogP contribution is 2.14. The molecule has 2 aromatic rings. The number of pyridine rings is 2. The molecule has 0 amide bonds. The zero-order chi connectivity index (χ0) is 7.68. The molecular formula is C8H6N2O. The lowest BCUT2D eigenvalue weighted by Gasteiger charge is -1.94. The second-order valence-corrected chi connectivity index (χ2v) is 2.26. The third-order valence-corrected chi connectivity index (χ3v) is 1.47. The molecule has 2 aromatic heterocycles. The number of aromatic hydroxyl groups is 1. The fourth-order valence-electron chi connectivity index (χ4n) is 0.960. The molecule has 0 fully saturated rings. The van der Waals surface area contributed by atoms with Gasteiger partial charge in [-0.25, -0.2) is 0 Å². The van der Waals surface area contributed by atoms with Crippen LogP contribution in [0.4, 0.5) is 0 Å². The van der Waals surface area contributed by atoms with Crippen LogP contribution < -0.4 is 0 Å². The second-order valence-electron chi connectivity index (χ2n) is 2.26. The number of aromatic nitrogens is 2. The Morgan fingerprint density at radius 1 is 1.27 bits per heavy atom. The van der Waals surface area contributed by atoms with E-state index < -0.39 is 0 Å². The van der Waals surface area contributed by atoms with Crippen LogP contribution in [0.2, 0.25) is 0 Å². The van der Waals surface area contributed by atoms with Crippen molar-refractivity contribution in [3.05, 3.63) is 30.7 Å². The van der Waals surface area contributed by atoms with Crippen molar-refractivity contribution >= 4 is 10.9 Å². The average Bonchev–Trinajstić information content (AvgIpc) is 2.04. The topological polar surface area (TPSA) is 46.0 Å². The van der Waals surface area contributed by atoms with Crippen LogP contribution in [0.3, 0.4) is 0 Å². The van der Waals surface area contributed by atoms with E-state index in [0.29, 0.717) is 0 Å².